The second kappa shape index (κ2) is 8.85. The van der Waals surface area contributed by atoms with E-state index in [1.54, 1.807) is 38.5 Å². The first-order chi connectivity index (χ1) is 13.6. The molecule has 0 bridgehead atoms. The molecule has 144 valence electrons. The SMILES string of the molecule is COc1ccc(NC(=O)c2cc(N(C)Cc3ccccc3)ncn2)cc1OC. The number of rotatable bonds is 7. The molecule has 0 aliphatic heterocycles. The van der Waals surface area contributed by atoms with Gasteiger partial charge >= 0.3 is 0 Å². The Kier molecular flexibility index (Phi) is 6.06. The number of nitrogens with zero attached hydrogens (tertiary/aromatic N) is 3. The van der Waals surface area contributed by atoms with Crippen molar-refractivity contribution >= 4 is 17.4 Å². The van der Waals surface area contributed by atoms with Crippen molar-refractivity contribution in [2.24, 2.45) is 0 Å². The van der Waals surface area contributed by atoms with Crippen molar-refractivity contribution in [1.29, 1.82) is 0 Å². The van der Waals surface area contributed by atoms with Crippen molar-refractivity contribution in [2.45, 2.75) is 6.54 Å². The average Bonchev–Trinajstić information content (AvgIpc) is 2.74. The fraction of sp³-hybridized carbons (Fsp3) is 0.190. The maximum absolute atomic E-state index is 12.6. The number of hydrogen-bond donors (Lipinski definition) is 1. The third kappa shape index (κ3) is 4.56. The third-order valence-corrected chi connectivity index (χ3v) is 4.18. The zero-order valence-corrected chi connectivity index (χ0v) is 16.0. The van der Waals surface area contributed by atoms with E-state index in [4.69, 9.17) is 9.47 Å². The van der Waals surface area contributed by atoms with Crippen LogP contribution < -0.4 is 19.7 Å². The second-order valence-corrected chi connectivity index (χ2v) is 6.13. The van der Waals surface area contributed by atoms with Crippen LogP contribution in [0.1, 0.15) is 16.1 Å². The molecule has 28 heavy (non-hydrogen) atoms. The molecule has 7 nitrogen and oxygen atoms in total. The lowest BCUT2D eigenvalue weighted by Crippen LogP contribution is -2.20. The normalized spacial score (nSPS) is 10.2. The molecule has 7 heteroatoms. The molecule has 0 unspecified atom stereocenters. The van der Waals surface area contributed by atoms with Crippen molar-refractivity contribution in [1.82, 2.24) is 9.97 Å². The maximum atomic E-state index is 12.6. The number of methoxy groups -OCH3 is 2. The van der Waals surface area contributed by atoms with Gasteiger partial charge in [-0.25, -0.2) is 9.97 Å². The molecule has 1 N–H and O–H groups in total. The molecule has 1 aromatic heterocycles. The zero-order valence-electron chi connectivity index (χ0n) is 16.0. The molecular formula is C21H22N4O3. The number of ether oxygens (including phenoxy) is 2. The van der Waals surface area contributed by atoms with E-state index in [-0.39, 0.29) is 11.6 Å². The summed E-state index contributed by atoms with van der Waals surface area (Å²) in [7, 11) is 5.03. The number of anilines is 2. The topological polar surface area (TPSA) is 76.6 Å². The van der Waals surface area contributed by atoms with Crippen LogP contribution >= 0.6 is 0 Å². The van der Waals surface area contributed by atoms with Crippen LogP contribution in [-0.2, 0) is 6.54 Å². The molecule has 0 aliphatic carbocycles. The summed E-state index contributed by atoms with van der Waals surface area (Å²) in [6.07, 6.45) is 1.39. The Hall–Kier alpha value is -3.61. The van der Waals surface area contributed by atoms with Gasteiger partial charge < -0.3 is 19.7 Å². The molecule has 3 aromatic rings. The van der Waals surface area contributed by atoms with Crippen LogP contribution in [0.3, 0.4) is 0 Å². The van der Waals surface area contributed by atoms with Crippen molar-refractivity contribution in [2.75, 3.05) is 31.5 Å². The van der Waals surface area contributed by atoms with Crippen LogP contribution in [0.5, 0.6) is 11.5 Å². The van der Waals surface area contributed by atoms with Gasteiger partial charge in [-0.3, -0.25) is 4.79 Å². The van der Waals surface area contributed by atoms with Gasteiger partial charge in [-0.2, -0.15) is 0 Å². The number of benzene rings is 2. The van der Waals surface area contributed by atoms with Gasteiger partial charge in [-0.1, -0.05) is 30.3 Å². The Morgan fingerprint density at radius 2 is 1.75 bits per heavy atom. The third-order valence-electron chi connectivity index (χ3n) is 4.18. The largest absolute Gasteiger partial charge is 0.493 e. The van der Waals surface area contributed by atoms with Crippen molar-refractivity contribution in [3.8, 4) is 11.5 Å². The summed E-state index contributed by atoms with van der Waals surface area (Å²) in [5, 5.41) is 2.82. The van der Waals surface area contributed by atoms with E-state index in [2.05, 4.69) is 15.3 Å². The first-order valence-corrected chi connectivity index (χ1v) is 8.71. The molecule has 0 saturated heterocycles. The summed E-state index contributed by atoms with van der Waals surface area (Å²) < 4.78 is 10.5. The van der Waals surface area contributed by atoms with Gasteiger partial charge in [-0.05, 0) is 17.7 Å². The summed E-state index contributed by atoms with van der Waals surface area (Å²) in [5.74, 6) is 1.46. The summed E-state index contributed by atoms with van der Waals surface area (Å²) in [5.41, 5.74) is 2.01. The molecule has 1 heterocycles. The average molecular weight is 378 g/mol. The Morgan fingerprint density at radius 1 is 1.00 bits per heavy atom. The minimum atomic E-state index is -0.330. The predicted molar refractivity (Wildman–Crippen MR) is 108 cm³/mol. The summed E-state index contributed by atoms with van der Waals surface area (Å²) in [6.45, 7) is 0.675. The van der Waals surface area contributed by atoms with Gasteiger partial charge in [0.25, 0.3) is 5.91 Å². The van der Waals surface area contributed by atoms with Crippen LogP contribution in [0.4, 0.5) is 11.5 Å². The van der Waals surface area contributed by atoms with Gasteiger partial charge in [0, 0.05) is 31.4 Å². The molecule has 0 aliphatic rings. The van der Waals surface area contributed by atoms with Gasteiger partial charge in [0.2, 0.25) is 0 Å². The molecule has 0 saturated carbocycles. The molecule has 2 aromatic carbocycles. The van der Waals surface area contributed by atoms with Gasteiger partial charge in [0.15, 0.2) is 11.5 Å². The number of hydrogen-bond acceptors (Lipinski definition) is 6. The Balaban J connectivity index is 1.73. The fourth-order valence-electron chi connectivity index (χ4n) is 2.73. The van der Waals surface area contributed by atoms with Crippen LogP contribution in [0, 0.1) is 0 Å². The standard InChI is InChI=1S/C21H22N4O3/c1-25(13-15-7-5-4-6-8-15)20-12-17(22-14-23-20)21(26)24-16-9-10-18(27-2)19(11-16)28-3/h4-12,14H,13H2,1-3H3,(H,24,26). The number of nitrogens with one attached hydrogen (secondary N) is 1. The van der Waals surface area contributed by atoms with Crippen molar-refractivity contribution in [3.05, 3.63) is 72.2 Å². The molecule has 0 fully saturated rings. The van der Waals surface area contributed by atoms with E-state index in [0.717, 1.165) is 5.56 Å². The minimum absolute atomic E-state index is 0.277. The van der Waals surface area contributed by atoms with E-state index < -0.39 is 0 Å². The number of aromatic nitrogens is 2. The van der Waals surface area contributed by atoms with E-state index >= 15 is 0 Å². The highest BCUT2D eigenvalue weighted by Gasteiger charge is 2.13. The lowest BCUT2D eigenvalue weighted by atomic mass is 10.2. The van der Waals surface area contributed by atoms with Crippen LogP contribution in [0.25, 0.3) is 0 Å². The molecule has 0 spiro atoms. The monoisotopic (exact) mass is 378 g/mol. The highest BCUT2D eigenvalue weighted by Crippen LogP contribution is 2.29. The quantitative estimate of drug-likeness (QED) is 0.679. The second-order valence-electron chi connectivity index (χ2n) is 6.13. The van der Waals surface area contributed by atoms with E-state index in [9.17, 15) is 4.79 Å². The molecular weight excluding hydrogens is 356 g/mol. The zero-order chi connectivity index (χ0) is 19.9. The Bertz CT molecular complexity index is 947. The highest BCUT2D eigenvalue weighted by molar-refractivity contribution is 6.03. The van der Waals surface area contributed by atoms with E-state index in [1.165, 1.54) is 6.33 Å². The van der Waals surface area contributed by atoms with Crippen LogP contribution in [0.15, 0.2) is 60.9 Å². The summed E-state index contributed by atoms with van der Waals surface area (Å²) in [4.78, 5) is 22.9. The molecule has 1 amide bonds. The van der Waals surface area contributed by atoms with Crippen molar-refractivity contribution in [3.63, 3.8) is 0 Å². The first kappa shape index (κ1) is 19.2. The molecule has 0 radical (unpaired) electrons. The number of amides is 1. The molecule has 3 rings (SSSR count). The minimum Gasteiger partial charge on any atom is -0.493 e. The summed E-state index contributed by atoms with van der Waals surface area (Å²) >= 11 is 0. The molecule has 0 atom stereocenters. The maximum Gasteiger partial charge on any atom is 0.274 e. The lowest BCUT2D eigenvalue weighted by Gasteiger charge is -2.18. The summed E-state index contributed by atoms with van der Waals surface area (Å²) in [6, 6.07) is 16.9. The van der Waals surface area contributed by atoms with Crippen LogP contribution in [0.2, 0.25) is 0 Å². The van der Waals surface area contributed by atoms with Gasteiger partial charge in [0.1, 0.15) is 17.8 Å². The van der Waals surface area contributed by atoms with Gasteiger partial charge in [-0.15, -0.1) is 0 Å². The van der Waals surface area contributed by atoms with E-state index in [1.807, 2.05) is 42.3 Å². The predicted octanol–water partition coefficient (Wildman–Crippen LogP) is 3.38. The van der Waals surface area contributed by atoms with Gasteiger partial charge in [0.05, 0.1) is 14.2 Å². The highest BCUT2D eigenvalue weighted by atomic mass is 16.5. The number of carbonyl (C=O) groups excluding carboxylic acids is 1. The fourth-order valence-corrected chi connectivity index (χ4v) is 2.73. The van der Waals surface area contributed by atoms with Crippen molar-refractivity contribution < 1.29 is 14.3 Å². The number of carbonyl (C=O) groups is 1. The first-order valence-electron chi connectivity index (χ1n) is 8.71. The lowest BCUT2D eigenvalue weighted by molar-refractivity contribution is 0.102. The smallest absolute Gasteiger partial charge is 0.274 e. The Morgan fingerprint density at radius 3 is 2.46 bits per heavy atom. The Labute approximate surface area is 164 Å². The van der Waals surface area contributed by atoms with E-state index in [0.29, 0.717) is 29.5 Å². The van der Waals surface area contributed by atoms with Crippen LogP contribution in [-0.4, -0.2) is 37.1 Å².